The average molecular weight is 342 g/mol. The lowest BCUT2D eigenvalue weighted by Crippen LogP contribution is -2.47. The molecule has 1 saturated carbocycles. The molecular weight excluding hydrogens is 316 g/mol. The van der Waals surface area contributed by atoms with E-state index in [2.05, 4.69) is 29.3 Å². The Balaban J connectivity index is 1.78. The first-order valence-corrected chi connectivity index (χ1v) is 9.35. The van der Waals surface area contributed by atoms with E-state index in [-0.39, 0.29) is 11.8 Å². The predicted octanol–water partition coefficient (Wildman–Crippen LogP) is 3.05. The monoisotopic (exact) mass is 342 g/mol. The van der Waals surface area contributed by atoms with Crippen LogP contribution in [0, 0.1) is 0 Å². The predicted molar refractivity (Wildman–Crippen MR) is 95.9 cm³/mol. The highest BCUT2D eigenvalue weighted by Crippen LogP contribution is 2.41. The van der Waals surface area contributed by atoms with E-state index in [1.807, 2.05) is 18.0 Å². The van der Waals surface area contributed by atoms with Crippen LogP contribution in [0.15, 0.2) is 10.6 Å². The van der Waals surface area contributed by atoms with E-state index in [1.54, 1.807) is 0 Å². The minimum absolute atomic E-state index is 0.0827. The quantitative estimate of drug-likeness (QED) is 0.925. The van der Waals surface area contributed by atoms with Crippen LogP contribution in [-0.2, 0) is 0 Å². The van der Waals surface area contributed by atoms with Crippen molar-refractivity contribution in [2.24, 2.45) is 0 Å². The molecule has 0 spiro atoms. The van der Waals surface area contributed by atoms with Crippen molar-refractivity contribution in [2.45, 2.75) is 57.4 Å². The Kier molecular flexibility index (Phi) is 4.23. The second kappa shape index (κ2) is 6.41. The Bertz CT molecular complexity index is 794. The molecule has 3 heterocycles. The van der Waals surface area contributed by atoms with Crippen LogP contribution in [0.5, 0.6) is 0 Å². The second-order valence-electron chi connectivity index (χ2n) is 7.65. The summed E-state index contributed by atoms with van der Waals surface area (Å²) in [6.45, 7) is 5.69. The van der Waals surface area contributed by atoms with Crippen molar-refractivity contribution in [1.29, 1.82) is 0 Å². The third-order valence-electron chi connectivity index (χ3n) is 5.38. The van der Waals surface area contributed by atoms with Gasteiger partial charge in [0.25, 0.3) is 11.6 Å². The van der Waals surface area contributed by atoms with Crippen LogP contribution in [0.3, 0.4) is 0 Å². The summed E-state index contributed by atoms with van der Waals surface area (Å²) in [5, 5.41) is 8.32. The summed E-state index contributed by atoms with van der Waals surface area (Å²) in [4.78, 5) is 20.0. The van der Waals surface area contributed by atoms with Gasteiger partial charge in [-0.1, -0.05) is 19.0 Å². The molecule has 1 saturated heterocycles. The number of amides is 1. The zero-order valence-electron chi connectivity index (χ0n) is 15.2. The number of fused-ring (bicyclic) bond motifs is 1. The van der Waals surface area contributed by atoms with E-state index in [0.29, 0.717) is 23.2 Å². The van der Waals surface area contributed by atoms with Crippen LogP contribution in [0.2, 0.25) is 0 Å². The summed E-state index contributed by atoms with van der Waals surface area (Å²) in [6, 6.07) is 2.36. The SMILES string of the molecule is CNC1CCCN(C(=O)c2cc(C3CC3)nc3onc(C(C)C)c23)C1. The first-order chi connectivity index (χ1) is 12.1. The van der Waals surface area contributed by atoms with Gasteiger partial charge < -0.3 is 14.7 Å². The molecule has 4 rings (SSSR count). The maximum absolute atomic E-state index is 13.3. The number of piperidine rings is 1. The molecule has 0 bridgehead atoms. The van der Waals surface area contributed by atoms with Gasteiger partial charge in [-0.3, -0.25) is 4.79 Å². The molecule has 134 valence electrons. The number of carbonyl (C=O) groups excluding carboxylic acids is 1. The fraction of sp³-hybridized carbons (Fsp3) is 0.632. The van der Waals surface area contributed by atoms with Crippen molar-refractivity contribution < 1.29 is 9.32 Å². The Morgan fingerprint density at radius 2 is 2.16 bits per heavy atom. The lowest BCUT2D eigenvalue weighted by molar-refractivity contribution is 0.0700. The van der Waals surface area contributed by atoms with Crippen molar-refractivity contribution in [3.8, 4) is 0 Å². The Morgan fingerprint density at radius 1 is 1.36 bits per heavy atom. The number of rotatable bonds is 4. The van der Waals surface area contributed by atoms with Crippen LogP contribution in [-0.4, -0.2) is 47.1 Å². The van der Waals surface area contributed by atoms with Gasteiger partial charge in [-0.25, -0.2) is 4.98 Å². The van der Waals surface area contributed by atoms with E-state index in [1.165, 1.54) is 0 Å². The van der Waals surface area contributed by atoms with Crippen LogP contribution in [0.4, 0.5) is 0 Å². The number of hydrogen-bond donors (Lipinski definition) is 1. The largest absolute Gasteiger partial charge is 0.337 e. The molecule has 2 aromatic heterocycles. The summed E-state index contributed by atoms with van der Waals surface area (Å²) in [5.74, 6) is 0.738. The molecule has 25 heavy (non-hydrogen) atoms. The molecule has 1 aliphatic carbocycles. The van der Waals surface area contributed by atoms with E-state index in [0.717, 1.165) is 55.5 Å². The van der Waals surface area contributed by atoms with Crippen LogP contribution < -0.4 is 5.32 Å². The Labute approximate surface area is 148 Å². The van der Waals surface area contributed by atoms with Crippen molar-refractivity contribution in [3.05, 3.63) is 23.0 Å². The smallest absolute Gasteiger partial charge is 0.259 e. The number of likely N-dealkylation sites (tertiary alicyclic amines) is 1. The standard InChI is InChI=1S/C19H26N4O2/c1-11(2)17-16-14(19(24)23-8-4-5-13(10-23)20-3)9-15(12-6-7-12)21-18(16)25-22-17/h9,11-13,20H,4-8,10H2,1-3H3. The van der Waals surface area contributed by atoms with Gasteiger partial charge in [0.2, 0.25) is 0 Å². The topological polar surface area (TPSA) is 71.3 Å². The minimum Gasteiger partial charge on any atom is -0.337 e. The molecule has 6 heteroatoms. The molecule has 0 radical (unpaired) electrons. The van der Waals surface area contributed by atoms with E-state index in [4.69, 9.17) is 4.52 Å². The maximum Gasteiger partial charge on any atom is 0.259 e. The summed E-state index contributed by atoms with van der Waals surface area (Å²) in [6.07, 6.45) is 4.43. The fourth-order valence-electron chi connectivity index (χ4n) is 3.71. The zero-order valence-corrected chi connectivity index (χ0v) is 15.2. The highest BCUT2D eigenvalue weighted by atomic mass is 16.5. The van der Waals surface area contributed by atoms with Gasteiger partial charge >= 0.3 is 0 Å². The first-order valence-electron chi connectivity index (χ1n) is 9.35. The van der Waals surface area contributed by atoms with Gasteiger partial charge in [0.05, 0.1) is 16.6 Å². The van der Waals surface area contributed by atoms with Crippen molar-refractivity contribution in [1.82, 2.24) is 20.4 Å². The zero-order chi connectivity index (χ0) is 17.6. The second-order valence-corrected chi connectivity index (χ2v) is 7.65. The number of hydrogen-bond acceptors (Lipinski definition) is 5. The molecular formula is C19H26N4O2. The van der Waals surface area contributed by atoms with Crippen molar-refractivity contribution in [3.63, 3.8) is 0 Å². The van der Waals surface area contributed by atoms with Gasteiger partial charge in [0.1, 0.15) is 0 Å². The Hall–Kier alpha value is -1.95. The molecule has 2 fully saturated rings. The van der Waals surface area contributed by atoms with Gasteiger partial charge in [-0.05, 0) is 44.7 Å². The number of nitrogens with zero attached hydrogens (tertiary/aromatic N) is 3. The lowest BCUT2D eigenvalue weighted by Gasteiger charge is -2.32. The normalized spacial score (nSPS) is 21.3. The molecule has 1 aliphatic heterocycles. The minimum atomic E-state index is 0.0827. The van der Waals surface area contributed by atoms with Gasteiger partial charge in [0.15, 0.2) is 0 Å². The molecule has 1 amide bonds. The van der Waals surface area contributed by atoms with E-state index < -0.39 is 0 Å². The Morgan fingerprint density at radius 3 is 2.84 bits per heavy atom. The maximum atomic E-state index is 13.3. The van der Waals surface area contributed by atoms with Crippen molar-refractivity contribution >= 4 is 17.0 Å². The third-order valence-corrected chi connectivity index (χ3v) is 5.38. The molecule has 2 aliphatic rings. The summed E-state index contributed by atoms with van der Waals surface area (Å²) < 4.78 is 5.51. The number of nitrogens with one attached hydrogen (secondary N) is 1. The van der Waals surface area contributed by atoms with Gasteiger partial charge in [-0.2, -0.15) is 0 Å². The van der Waals surface area contributed by atoms with Crippen LogP contribution >= 0.6 is 0 Å². The lowest BCUT2D eigenvalue weighted by atomic mass is 9.99. The number of aromatic nitrogens is 2. The average Bonchev–Trinajstić information content (AvgIpc) is 3.39. The van der Waals surface area contributed by atoms with Gasteiger partial charge in [0, 0.05) is 30.7 Å². The van der Waals surface area contributed by atoms with Crippen molar-refractivity contribution in [2.75, 3.05) is 20.1 Å². The molecule has 1 unspecified atom stereocenters. The van der Waals surface area contributed by atoms with Crippen LogP contribution in [0.1, 0.15) is 73.1 Å². The fourth-order valence-corrected chi connectivity index (χ4v) is 3.71. The first kappa shape index (κ1) is 16.5. The summed E-state index contributed by atoms with van der Waals surface area (Å²) >= 11 is 0. The highest BCUT2D eigenvalue weighted by Gasteiger charge is 2.32. The third kappa shape index (κ3) is 3.03. The van der Waals surface area contributed by atoms with Gasteiger partial charge in [-0.15, -0.1) is 0 Å². The molecule has 2 aromatic rings. The number of carbonyl (C=O) groups is 1. The summed E-state index contributed by atoms with van der Waals surface area (Å²) in [7, 11) is 1.96. The highest BCUT2D eigenvalue weighted by molar-refractivity contribution is 6.06. The molecule has 0 aromatic carbocycles. The molecule has 6 nitrogen and oxygen atoms in total. The number of likely N-dealkylation sites (N-methyl/N-ethyl adjacent to an activating group) is 1. The van der Waals surface area contributed by atoms with Crippen LogP contribution in [0.25, 0.3) is 11.1 Å². The summed E-state index contributed by atoms with van der Waals surface area (Å²) in [5.41, 5.74) is 3.03. The van der Waals surface area contributed by atoms with E-state index in [9.17, 15) is 4.79 Å². The number of pyridine rings is 1. The molecule has 1 atom stereocenters. The van der Waals surface area contributed by atoms with E-state index >= 15 is 0 Å². The molecule has 1 N–H and O–H groups in total.